The fraction of sp³-hybridized carbons (Fsp3) is 0.350. The van der Waals surface area contributed by atoms with Gasteiger partial charge in [-0.05, 0) is 46.3 Å². The van der Waals surface area contributed by atoms with Gasteiger partial charge in [-0.2, -0.15) is 10.1 Å². The minimum Gasteiger partial charge on any atom is -0.493 e. The summed E-state index contributed by atoms with van der Waals surface area (Å²) >= 11 is 3.47. The van der Waals surface area contributed by atoms with Crippen molar-refractivity contribution in [1.29, 1.82) is 0 Å². The number of benzene rings is 1. The van der Waals surface area contributed by atoms with Gasteiger partial charge in [-0.15, -0.1) is 0 Å². The van der Waals surface area contributed by atoms with Crippen molar-refractivity contribution in [3.05, 3.63) is 47.0 Å². The van der Waals surface area contributed by atoms with Crippen molar-refractivity contribution in [3.8, 4) is 11.5 Å². The molecule has 2 bridgehead atoms. The van der Waals surface area contributed by atoms with Crippen LogP contribution in [0.25, 0.3) is 0 Å². The van der Waals surface area contributed by atoms with Gasteiger partial charge in [0.25, 0.3) is 11.8 Å². The molecule has 2 fully saturated rings. The summed E-state index contributed by atoms with van der Waals surface area (Å²) in [5, 5.41) is 5.23. The molecule has 4 atom stereocenters. The van der Waals surface area contributed by atoms with Crippen molar-refractivity contribution < 1.29 is 19.1 Å². The Labute approximate surface area is 165 Å². The fourth-order valence-electron chi connectivity index (χ4n) is 4.19. The fourth-order valence-corrected chi connectivity index (χ4v) is 4.62. The molecule has 0 N–H and O–H groups in total. The topological polar surface area (TPSA) is 68.2 Å². The second kappa shape index (κ2) is 6.96. The number of fused-ring (bicyclic) bond motifs is 5. The Bertz CT molecular complexity index is 849. The summed E-state index contributed by atoms with van der Waals surface area (Å²) in [5.74, 6) is 0.523. The summed E-state index contributed by atoms with van der Waals surface area (Å²) in [4.78, 5) is 25.4. The van der Waals surface area contributed by atoms with E-state index in [1.807, 2.05) is 0 Å². The summed E-state index contributed by atoms with van der Waals surface area (Å²) in [7, 11) is 1.54. The molecule has 2 amide bonds. The van der Waals surface area contributed by atoms with Crippen LogP contribution in [0.1, 0.15) is 12.0 Å². The Hall–Kier alpha value is -2.41. The van der Waals surface area contributed by atoms with Gasteiger partial charge in [-0.25, -0.2) is 0 Å². The van der Waals surface area contributed by atoms with Crippen molar-refractivity contribution >= 4 is 34.0 Å². The average Bonchev–Trinajstić information content (AvgIpc) is 3.34. The first kappa shape index (κ1) is 18.0. The van der Waals surface area contributed by atoms with E-state index in [-0.39, 0.29) is 35.5 Å². The molecule has 1 aromatic rings. The summed E-state index contributed by atoms with van der Waals surface area (Å²) in [6.45, 7) is 3.98. The third-order valence-electron chi connectivity index (χ3n) is 5.40. The predicted octanol–water partition coefficient (Wildman–Crippen LogP) is 3.16. The monoisotopic (exact) mass is 430 g/mol. The SMILES string of the molecule is C=CCOc1cc(Br)c(C=NN2C(=O)C3C4C=CC(C4)C3C2=O)cc1OC. The highest BCUT2D eigenvalue weighted by atomic mass is 79.9. The second-order valence-electron chi connectivity index (χ2n) is 6.86. The van der Waals surface area contributed by atoms with E-state index in [0.29, 0.717) is 28.1 Å². The van der Waals surface area contributed by atoms with Crippen LogP contribution < -0.4 is 9.47 Å². The van der Waals surface area contributed by atoms with Crippen LogP contribution >= 0.6 is 15.9 Å². The Morgan fingerprint density at radius 3 is 2.48 bits per heavy atom. The molecule has 7 heteroatoms. The van der Waals surface area contributed by atoms with Crippen molar-refractivity contribution in [2.75, 3.05) is 13.7 Å². The Balaban J connectivity index is 1.57. The first-order chi connectivity index (χ1) is 13.0. The Kier molecular flexibility index (Phi) is 4.63. The summed E-state index contributed by atoms with van der Waals surface area (Å²) in [5.41, 5.74) is 0.677. The first-order valence-electron chi connectivity index (χ1n) is 8.76. The van der Waals surface area contributed by atoms with E-state index in [4.69, 9.17) is 9.47 Å². The molecule has 140 valence electrons. The maximum Gasteiger partial charge on any atom is 0.254 e. The number of rotatable bonds is 6. The largest absolute Gasteiger partial charge is 0.493 e. The van der Waals surface area contributed by atoms with Gasteiger partial charge in [-0.1, -0.05) is 24.8 Å². The quantitative estimate of drug-likeness (QED) is 0.394. The van der Waals surface area contributed by atoms with Crippen LogP contribution in [0, 0.1) is 23.7 Å². The van der Waals surface area contributed by atoms with Crippen molar-refractivity contribution in [3.63, 3.8) is 0 Å². The van der Waals surface area contributed by atoms with Gasteiger partial charge in [0.1, 0.15) is 6.61 Å². The molecule has 1 heterocycles. The van der Waals surface area contributed by atoms with Crippen LogP contribution in [0.2, 0.25) is 0 Å². The zero-order valence-electron chi connectivity index (χ0n) is 14.8. The zero-order valence-corrected chi connectivity index (χ0v) is 16.4. The van der Waals surface area contributed by atoms with Gasteiger partial charge in [0.2, 0.25) is 0 Å². The van der Waals surface area contributed by atoms with E-state index >= 15 is 0 Å². The smallest absolute Gasteiger partial charge is 0.254 e. The third-order valence-corrected chi connectivity index (χ3v) is 6.09. The van der Waals surface area contributed by atoms with E-state index < -0.39 is 0 Å². The second-order valence-corrected chi connectivity index (χ2v) is 7.71. The van der Waals surface area contributed by atoms with Gasteiger partial charge < -0.3 is 9.47 Å². The molecule has 3 aliphatic rings. The summed E-state index contributed by atoms with van der Waals surface area (Å²) in [6.07, 6.45) is 8.17. The maximum absolute atomic E-state index is 12.7. The molecule has 1 saturated carbocycles. The highest BCUT2D eigenvalue weighted by Crippen LogP contribution is 2.52. The number of imide groups is 1. The zero-order chi connectivity index (χ0) is 19.1. The number of ether oxygens (including phenoxy) is 2. The number of carbonyl (C=O) groups is 2. The number of allylic oxidation sites excluding steroid dienone is 2. The molecule has 27 heavy (non-hydrogen) atoms. The highest BCUT2D eigenvalue weighted by Gasteiger charge is 2.59. The number of nitrogens with zero attached hydrogens (tertiary/aromatic N) is 2. The predicted molar refractivity (Wildman–Crippen MR) is 104 cm³/mol. The lowest BCUT2D eigenvalue weighted by atomic mass is 9.85. The molecule has 4 unspecified atom stereocenters. The molecule has 6 nitrogen and oxygen atoms in total. The van der Waals surface area contributed by atoms with E-state index in [1.165, 1.54) is 6.21 Å². The van der Waals surface area contributed by atoms with Crippen molar-refractivity contribution in [2.24, 2.45) is 28.8 Å². The number of amides is 2. The number of hydrogen-bond acceptors (Lipinski definition) is 5. The van der Waals surface area contributed by atoms with Crippen LogP contribution in [-0.4, -0.2) is 36.8 Å². The van der Waals surface area contributed by atoms with Crippen LogP contribution in [0.15, 0.2) is 46.5 Å². The number of carbonyl (C=O) groups excluding carboxylic acids is 2. The molecular weight excluding hydrogens is 412 g/mol. The third kappa shape index (κ3) is 2.90. The van der Waals surface area contributed by atoms with E-state index in [1.54, 1.807) is 25.3 Å². The average molecular weight is 431 g/mol. The van der Waals surface area contributed by atoms with Gasteiger partial charge in [-0.3, -0.25) is 9.59 Å². The van der Waals surface area contributed by atoms with Gasteiger partial charge in [0.05, 0.1) is 25.2 Å². The number of methoxy groups -OCH3 is 1. The van der Waals surface area contributed by atoms with E-state index in [9.17, 15) is 9.59 Å². The molecule has 1 saturated heterocycles. The molecular formula is C20H19BrN2O4. The van der Waals surface area contributed by atoms with Gasteiger partial charge >= 0.3 is 0 Å². The summed E-state index contributed by atoms with van der Waals surface area (Å²) < 4.78 is 11.6. The Morgan fingerprint density at radius 1 is 1.22 bits per heavy atom. The van der Waals surface area contributed by atoms with E-state index in [2.05, 4.69) is 39.8 Å². The van der Waals surface area contributed by atoms with Crippen molar-refractivity contribution in [1.82, 2.24) is 5.01 Å². The molecule has 0 radical (unpaired) electrons. The minimum atomic E-state index is -0.252. The molecule has 2 aliphatic carbocycles. The minimum absolute atomic E-state index is 0.171. The lowest BCUT2D eigenvalue weighted by Crippen LogP contribution is -2.28. The number of hydrogen-bond donors (Lipinski definition) is 0. The molecule has 4 rings (SSSR count). The molecule has 1 aromatic carbocycles. The molecule has 0 aromatic heterocycles. The molecule has 0 spiro atoms. The van der Waals surface area contributed by atoms with Crippen LogP contribution in [-0.2, 0) is 9.59 Å². The maximum atomic E-state index is 12.7. The van der Waals surface area contributed by atoms with Crippen LogP contribution in [0.3, 0.4) is 0 Å². The van der Waals surface area contributed by atoms with E-state index in [0.717, 1.165) is 11.4 Å². The highest BCUT2D eigenvalue weighted by molar-refractivity contribution is 9.10. The lowest BCUT2D eigenvalue weighted by molar-refractivity contribution is -0.140. The van der Waals surface area contributed by atoms with Gasteiger partial charge in [0, 0.05) is 10.0 Å². The van der Waals surface area contributed by atoms with Crippen molar-refractivity contribution in [2.45, 2.75) is 6.42 Å². The van der Waals surface area contributed by atoms with Gasteiger partial charge in [0.15, 0.2) is 11.5 Å². The number of hydrazone groups is 1. The lowest BCUT2D eigenvalue weighted by Gasteiger charge is -2.13. The van der Waals surface area contributed by atoms with Crippen LogP contribution in [0.4, 0.5) is 0 Å². The standard InChI is InChI=1S/C20H19BrN2O4/c1-3-6-27-16-9-14(21)13(8-15(16)26-2)10-22-23-19(24)17-11-4-5-12(7-11)18(17)20(23)25/h3-5,8-12,17-18H,1,6-7H2,2H3. The first-order valence-corrected chi connectivity index (χ1v) is 9.55. The Morgan fingerprint density at radius 2 is 1.89 bits per heavy atom. The molecule has 1 aliphatic heterocycles. The van der Waals surface area contributed by atoms with Crippen LogP contribution in [0.5, 0.6) is 11.5 Å². The normalized spacial score (nSPS) is 28.3. The number of halogens is 1. The summed E-state index contributed by atoms with van der Waals surface area (Å²) in [6, 6.07) is 3.50.